The molecule has 2 atom stereocenters. The molecule has 4 rings (SSSR count). The molecule has 0 unspecified atom stereocenters. The van der Waals surface area contributed by atoms with Gasteiger partial charge in [0.15, 0.2) is 0 Å². The third-order valence-corrected chi connectivity index (χ3v) is 6.02. The number of nitrogens with one attached hydrogen (secondary N) is 3. The van der Waals surface area contributed by atoms with Gasteiger partial charge in [0.25, 0.3) is 0 Å². The zero-order valence-electron chi connectivity index (χ0n) is 14.6. The predicted octanol–water partition coefficient (Wildman–Crippen LogP) is 2.11. The summed E-state index contributed by atoms with van der Waals surface area (Å²) in [5, 5.41) is 8.69. The number of benzene rings is 1. The standard InChI is InChI=1S/C20H27N3O2/c24-18(15-7-8-15)21-10-11-22-19(25)23-13-16-12-20(16)9-3-5-14-4-1-2-6-17(14)20/h1-2,4,6,15-16H,3,5,7-13H2,(H,21,24)(H2,22,23,25)/t16-,20-/m0/s1. The van der Waals surface area contributed by atoms with Crippen molar-refractivity contribution in [1.29, 1.82) is 0 Å². The van der Waals surface area contributed by atoms with E-state index in [1.54, 1.807) is 0 Å². The summed E-state index contributed by atoms with van der Waals surface area (Å²) in [7, 11) is 0. The molecule has 0 heterocycles. The summed E-state index contributed by atoms with van der Waals surface area (Å²) in [6.45, 7) is 1.71. The van der Waals surface area contributed by atoms with Gasteiger partial charge in [-0.1, -0.05) is 24.3 Å². The van der Waals surface area contributed by atoms with Gasteiger partial charge in [0.1, 0.15) is 0 Å². The first-order valence-electron chi connectivity index (χ1n) is 9.57. The molecule has 3 N–H and O–H groups in total. The molecule has 1 aromatic rings. The molecular formula is C20H27N3O2. The number of amides is 3. The number of hydrogen-bond acceptors (Lipinski definition) is 2. The summed E-state index contributed by atoms with van der Waals surface area (Å²) in [6.07, 6.45) is 6.87. The lowest BCUT2D eigenvalue weighted by Gasteiger charge is -2.26. The van der Waals surface area contributed by atoms with Gasteiger partial charge >= 0.3 is 6.03 Å². The minimum atomic E-state index is -0.133. The maximum Gasteiger partial charge on any atom is 0.314 e. The van der Waals surface area contributed by atoms with Crippen molar-refractivity contribution in [1.82, 2.24) is 16.0 Å². The number of aryl methyl sites for hydroxylation is 1. The number of urea groups is 1. The zero-order valence-corrected chi connectivity index (χ0v) is 14.6. The Morgan fingerprint density at radius 3 is 2.72 bits per heavy atom. The molecule has 1 aromatic carbocycles. The molecule has 3 aliphatic carbocycles. The van der Waals surface area contributed by atoms with Crippen molar-refractivity contribution in [3.63, 3.8) is 0 Å². The van der Waals surface area contributed by atoms with Crippen LogP contribution in [-0.4, -0.2) is 31.6 Å². The van der Waals surface area contributed by atoms with E-state index in [1.165, 1.54) is 36.8 Å². The highest BCUT2D eigenvalue weighted by atomic mass is 16.2. The van der Waals surface area contributed by atoms with Crippen molar-refractivity contribution in [2.24, 2.45) is 11.8 Å². The Hall–Kier alpha value is -2.04. The van der Waals surface area contributed by atoms with Gasteiger partial charge in [0, 0.05) is 31.0 Å². The molecule has 5 heteroatoms. The van der Waals surface area contributed by atoms with Crippen LogP contribution in [0.5, 0.6) is 0 Å². The Bertz CT molecular complexity index is 671. The summed E-state index contributed by atoms with van der Waals surface area (Å²) in [5.74, 6) is 0.894. The van der Waals surface area contributed by atoms with Gasteiger partial charge in [-0.3, -0.25) is 4.79 Å². The van der Waals surface area contributed by atoms with Crippen LogP contribution in [0.15, 0.2) is 24.3 Å². The Labute approximate surface area is 148 Å². The van der Waals surface area contributed by atoms with Crippen molar-refractivity contribution in [2.45, 2.75) is 43.9 Å². The first kappa shape index (κ1) is 16.4. The molecule has 1 spiro atoms. The topological polar surface area (TPSA) is 70.2 Å². The average molecular weight is 341 g/mol. The lowest BCUT2D eigenvalue weighted by molar-refractivity contribution is -0.122. The van der Waals surface area contributed by atoms with Crippen molar-refractivity contribution in [3.05, 3.63) is 35.4 Å². The molecule has 0 saturated heterocycles. The molecule has 25 heavy (non-hydrogen) atoms. The third kappa shape index (κ3) is 3.51. The summed E-state index contributed by atoms with van der Waals surface area (Å²) in [4.78, 5) is 23.5. The number of carbonyl (C=O) groups excluding carboxylic acids is 2. The van der Waals surface area contributed by atoms with Crippen LogP contribution in [-0.2, 0) is 16.6 Å². The number of carbonyl (C=O) groups is 2. The average Bonchev–Trinajstić information content (AvgIpc) is 3.53. The summed E-state index contributed by atoms with van der Waals surface area (Å²) >= 11 is 0. The van der Waals surface area contributed by atoms with Crippen LogP contribution in [0.2, 0.25) is 0 Å². The van der Waals surface area contributed by atoms with E-state index in [9.17, 15) is 9.59 Å². The summed E-state index contributed by atoms with van der Waals surface area (Å²) in [6, 6.07) is 8.66. The normalized spacial score (nSPS) is 26.6. The maximum atomic E-state index is 11.9. The Morgan fingerprint density at radius 1 is 1.08 bits per heavy atom. The second-order valence-electron chi connectivity index (χ2n) is 7.77. The van der Waals surface area contributed by atoms with E-state index >= 15 is 0 Å². The van der Waals surface area contributed by atoms with E-state index in [4.69, 9.17) is 0 Å². The monoisotopic (exact) mass is 341 g/mol. The molecule has 0 bridgehead atoms. The SMILES string of the molecule is O=C(NCCNC(=O)C1CC1)NC[C@@H]1C[C@@]12CCCc1ccccc12. The molecule has 2 saturated carbocycles. The van der Waals surface area contributed by atoms with Gasteiger partial charge in [0.2, 0.25) is 5.91 Å². The first-order valence-corrected chi connectivity index (χ1v) is 9.57. The van der Waals surface area contributed by atoms with E-state index in [2.05, 4.69) is 40.2 Å². The Balaban J connectivity index is 1.18. The van der Waals surface area contributed by atoms with Gasteiger partial charge in [-0.15, -0.1) is 0 Å². The highest BCUT2D eigenvalue weighted by Gasteiger charge is 2.56. The predicted molar refractivity (Wildman–Crippen MR) is 96.3 cm³/mol. The van der Waals surface area contributed by atoms with E-state index < -0.39 is 0 Å². The highest BCUT2D eigenvalue weighted by molar-refractivity contribution is 5.80. The molecule has 2 fully saturated rings. The fourth-order valence-corrected chi connectivity index (χ4v) is 4.37. The zero-order chi connectivity index (χ0) is 17.3. The van der Waals surface area contributed by atoms with E-state index in [-0.39, 0.29) is 17.9 Å². The van der Waals surface area contributed by atoms with Crippen molar-refractivity contribution >= 4 is 11.9 Å². The van der Waals surface area contributed by atoms with Crippen LogP contribution in [0.4, 0.5) is 4.79 Å². The maximum absolute atomic E-state index is 11.9. The first-order chi connectivity index (χ1) is 12.2. The Kier molecular flexibility index (Phi) is 4.40. The minimum absolute atomic E-state index is 0.123. The summed E-state index contributed by atoms with van der Waals surface area (Å²) < 4.78 is 0. The smallest absolute Gasteiger partial charge is 0.314 e. The lowest BCUT2D eigenvalue weighted by Crippen LogP contribution is -2.41. The van der Waals surface area contributed by atoms with Crippen molar-refractivity contribution in [2.75, 3.05) is 19.6 Å². The van der Waals surface area contributed by atoms with Crippen molar-refractivity contribution in [3.8, 4) is 0 Å². The lowest BCUT2D eigenvalue weighted by atomic mass is 9.78. The van der Waals surface area contributed by atoms with Gasteiger partial charge in [-0.25, -0.2) is 4.79 Å². The molecule has 0 radical (unpaired) electrons. The van der Waals surface area contributed by atoms with Gasteiger partial charge in [-0.05, 0) is 55.6 Å². The van der Waals surface area contributed by atoms with E-state index in [1.807, 2.05) is 0 Å². The minimum Gasteiger partial charge on any atom is -0.354 e. The molecule has 0 aromatic heterocycles. The second kappa shape index (κ2) is 6.70. The van der Waals surface area contributed by atoms with Gasteiger partial charge < -0.3 is 16.0 Å². The number of rotatable bonds is 6. The van der Waals surface area contributed by atoms with Crippen LogP contribution in [0.1, 0.15) is 43.2 Å². The molecule has 3 amide bonds. The fraction of sp³-hybridized carbons (Fsp3) is 0.600. The Morgan fingerprint density at radius 2 is 1.88 bits per heavy atom. The van der Waals surface area contributed by atoms with Crippen LogP contribution in [0.3, 0.4) is 0 Å². The largest absolute Gasteiger partial charge is 0.354 e. The van der Waals surface area contributed by atoms with Crippen LogP contribution >= 0.6 is 0 Å². The molecular weight excluding hydrogens is 314 g/mol. The number of hydrogen-bond donors (Lipinski definition) is 3. The quantitative estimate of drug-likeness (QED) is 0.694. The van der Waals surface area contributed by atoms with Gasteiger partial charge in [0.05, 0.1) is 0 Å². The highest BCUT2D eigenvalue weighted by Crippen LogP contribution is 2.59. The van der Waals surface area contributed by atoms with E-state index in [0.29, 0.717) is 24.4 Å². The van der Waals surface area contributed by atoms with Gasteiger partial charge in [-0.2, -0.15) is 0 Å². The van der Waals surface area contributed by atoms with E-state index in [0.717, 1.165) is 19.4 Å². The van der Waals surface area contributed by atoms with Crippen LogP contribution < -0.4 is 16.0 Å². The molecule has 0 aliphatic heterocycles. The molecule has 5 nitrogen and oxygen atoms in total. The second-order valence-corrected chi connectivity index (χ2v) is 7.77. The molecule has 3 aliphatic rings. The van der Waals surface area contributed by atoms with Crippen LogP contribution in [0, 0.1) is 11.8 Å². The third-order valence-electron chi connectivity index (χ3n) is 6.02. The molecule has 134 valence electrons. The van der Waals surface area contributed by atoms with Crippen molar-refractivity contribution < 1.29 is 9.59 Å². The van der Waals surface area contributed by atoms with Crippen LogP contribution in [0.25, 0.3) is 0 Å². The fourth-order valence-electron chi connectivity index (χ4n) is 4.37. The summed E-state index contributed by atoms with van der Waals surface area (Å²) in [5.41, 5.74) is 3.31. The number of fused-ring (bicyclic) bond motifs is 2.